The maximum atomic E-state index is 11.6. The van der Waals surface area contributed by atoms with Crippen LogP contribution < -0.4 is 11.1 Å². The SMILES string of the molecule is C[C@H]1CN[C@@H]2[C@H](C)[C@H]3[C@H](C[C@H]4[C@@H]5CC[C@H]6C[C@@H](N)CC[C@]6(C)[C@H]5CC[C@]34C)O[C@@]2(O)C1. The number of nitrogens with one attached hydrogen (secondary N) is 1. The quantitative estimate of drug-likeness (QED) is 0.536. The Morgan fingerprint density at radius 3 is 2.55 bits per heavy atom. The lowest BCUT2D eigenvalue weighted by atomic mass is 9.44. The van der Waals surface area contributed by atoms with Gasteiger partial charge < -0.3 is 20.9 Å². The van der Waals surface area contributed by atoms with Crippen molar-refractivity contribution in [2.45, 2.75) is 109 Å². The molecule has 6 fully saturated rings. The first-order valence-corrected chi connectivity index (χ1v) is 13.5. The zero-order valence-electron chi connectivity index (χ0n) is 20.3. The Hall–Kier alpha value is -0.160. The summed E-state index contributed by atoms with van der Waals surface area (Å²) in [4.78, 5) is 0. The third kappa shape index (κ3) is 2.87. The lowest BCUT2D eigenvalue weighted by Crippen LogP contribution is -2.68. The van der Waals surface area contributed by atoms with Crippen LogP contribution >= 0.6 is 0 Å². The van der Waals surface area contributed by atoms with Crippen molar-refractivity contribution in [3.05, 3.63) is 0 Å². The number of rotatable bonds is 0. The maximum absolute atomic E-state index is 11.6. The van der Waals surface area contributed by atoms with Crippen molar-refractivity contribution in [2.24, 2.45) is 58.0 Å². The second-order valence-electron chi connectivity index (χ2n) is 13.6. The van der Waals surface area contributed by atoms with E-state index in [4.69, 9.17) is 10.5 Å². The molecular formula is C27H46N2O2. The molecular weight excluding hydrogens is 384 g/mol. The molecule has 2 saturated heterocycles. The van der Waals surface area contributed by atoms with Gasteiger partial charge in [-0.1, -0.05) is 27.7 Å². The maximum Gasteiger partial charge on any atom is 0.181 e. The molecule has 13 atom stereocenters. The fourth-order valence-corrected chi connectivity index (χ4v) is 10.8. The number of fused-ring (bicyclic) bond motifs is 8. The van der Waals surface area contributed by atoms with Gasteiger partial charge in [0.25, 0.3) is 0 Å². The summed E-state index contributed by atoms with van der Waals surface area (Å²) in [6.07, 6.45) is 11.5. The van der Waals surface area contributed by atoms with Crippen molar-refractivity contribution < 1.29 is 9.84 Å². The van der Waals surface area contributed by atoms with Gasteiger partial charge in [-0.15, -0.1) is 0 Å². The van der Waals surface area contributed by atoms with Crippen molar-refractivity contribution in [3.63, 3.8) is 0 Å². The van der Waals surface area contributed by atoms with E-state index in [0.29, 0.717) is 34.6 Å². The number of hydrogen-bond donors (Lipinski definition) is 3. The first-order chi connectivity index (χ1) is 14.7. The Morgan fingerprint density at radius 1 is 0.968 bits per heavy atom. The number of ether oxygens (including phenoxy) is 1. The van der Waals surface area contributed by atoms with Crippen LogP contribution in [0.2, 0.25) is 0 Å². The largest absolute Gasteiger partial charge is 0.364 e. The number of aliphatic hydroxyl groups is 1. The van der Waals surface area contributed by atoms with E-state index in [1.807, 2.05) is 0 Å². The summed E-state index contributed by atoms with van der Waals surface area (Å²) in [6, 6.07) is 0.525. The van der Waals surface area contributed by atoms with Gasteiger partial charge in [0, 0.05) is 12.5 Å². The van der Waals surface area contributed by atoms with Gasteiger partial charge in [-0.2, -0.15) is 0 Å². The van der Waals surface area contributed by atoms with Crippen LogP contribution in [0.3, 0.4) is 0 Å². The van der Waals surface area contributed by atoms with Gasteiger partial charge in [0.05, 0.1) is 12.1 Å². The summed E-state index contributed by atoms with van der Waals surface area (Å²) in [5, 5.41) is 15.3. The van der Waals surface area contributed by atoms with Gasteiger partial charge in [-0.3, -0.25) is 0 Å². The van der Waals surface area contributed by atoms with E-state index in [2.05, 4.69) is 33.0 Å². The zero-order chi connectivity index (χ0) is 21.8. The minimum Gasteiger partial charge on any atom is -0.364 e. The van der Waals surface area contributed by atoms with E-state index >= 15 is 0 Å². The van der Waals surface area contributed by atoms with Gasteiger partial charge in [0.1, 0.15) is 0 Å². The van der Waals surface area contributed by atoms with E-state index in [9.17, 15) is 5.11 Å². The van der Waals surface area contributed by atoms with Crippen molar-refractivity contribution >= 4 is 0 Å². The number of hydrogen-bond acceptors (Lipinski definition) is 4. The Morgan fingerprint density at radius 2 is 1.74 bits per heavy atom. The molecule has 6 rings (SSSR count). The van der Waals surface area contributed by atoms with Crippen LogP contribution in [-0.4, -0.2) is 35.6 Å². The van der Waals surface area contributed by atoms with Gasteiger partial charge in [-0.25, -0.2) is 0 Å². The second-order valence-corrected chi connectivity index (χ2v) is 13.6. The lowest BCUT2D eigenvalue weighted by Gasteiger charge is -2.62. The molecule has 0 aromatic rings. The molecule has 0 amide bonds. The highest BCUT2D eigenvalue weighted by Crippen LogP contribution is 2.69. The second kappa shape index (κ2) is 6.93. The zero-order valence-corrected chi connectivity index (χ0v) is 20.3. The van der Waals surface area contributed by atoms with Crippen molar-refractivity contribution in [3.8, 4) is 0 Å². The Kier molecular flexibility index (Phi) is 4.78. The predicted molar refractivity (Wildman–Crippen MR) is 123 cm³/mol. The highest BCUT2D eigenvalue weighted by atomic mass is 16.6. The normalized spacial score (nSPS) is 63.3. The van der Waals surface area contributed by atoms with Crippen LogP contribution in [0.5, 0.6) is 0 Å². The minimum absolute atomic E-state index is 0.0892. The fourth-order valence-electron chi connectivity index (χ4n) is 10.8. The monoisotopic (exact) mass is 430 g/mol. The minimum atomic E-state index is -0.968. The molecule has 31 heavy (non-hydrogen) atoms. The highest BCUT2D eigenvalue weighted by Gasteiger charge is 2.67. The Balaban J connectivity index is 1.30. The standard InChI is InChI=1S/C27H46N2O2/c1-15-13-27(30)24(29-14-15)16(2)23-22(31-27)12-21-19-6-5-17-11-18(28)7-9-25(17,3)20(19)8-10-26(21,23)4/h15-24,29-30H,5-14,28H2,1-4H3/t15-,16-,17+,18+,19-,20+,21+,22+,23+,24-,25+,26+,27+/m1/s1. The molecule has 0 bridgehead atoms. The van der Waals surface area contributed by atoms with Crippen LogP contribution in [0, 0.1) is 52.3 Å². The topological polar surface area (TPSA) is 67.5 Å². The summed E-state index contributed by atoms with van der Waals surface area (Å²) >= 11 is 0. The Labute approximate surface area is 189 Å². The molecule has 0 aromatic carbocycles. The first kappa shape index (κ1) is 21.4. The molecule has 4 nitrogen and oxygen atoms in total. The molecule has 6 aliphatic rings. The van der Waals surface area contributed by atoms with Crippen LogP contribution in [0.4, 0.5) is 0 Å². The predicted octanol–water partition coefficient (Wildman–Crippen LogP) is 4.30. The molecule has 2 aliphatic heterocycles. The van der Waals surface area contributed by atoms with Crippen LogP contribution in [-0.2, 0) is 4.74 Å². The van der Waals surface area contributed by atoms with E-state index in [1.54, 1.807) is 0 Å². The van der Waals surface area contributed by atoms with Crippen LogP contribution in [0.15, 0.2) is 0 Å². The van der Waals surface area contributed by atoms with Gasteiger partial charge in [0.2, 0.25) is 0 Å². The molecule has 4 heteroatoms. The average molecular weight is 431 g/mol. The van der Waals surface area contributed by atoms with Gasteiger partial charge in [0.15, 0.2) is 5.79 Å². The molecule has 176 valence electrons. The van der Waals surface area contributed by atoms with E-state index < -0.39 is 5.79 Å². The average Bonchev–Trinajstić information content (AvgIpc) is 2.99. The molecule has 0 spiro atoms. The molecule has 0 unspecified atom stereocenters. The van der Waals surface area contributed by atoms with Crippen molar-refractivity contribution in [2.75, 3.05) is 6.54 Å². The van der Waals surface area contributed by atoms with Gasteiger partial charge >= 0.3 is 0 Å². The van der Waals surface area contributed by atoms with Crippen LogP contribution in [0.1, 0.15) is 85.5 Å². The summed E-state index contributed by atoms with van der Waals surface area (Å²) in [6.45, 7) is 10.9. The third-order valence-corrected chi connectivity index (χ3v) is 12.1. The van der Waals surface area contributed by atoms with Gasteiger partial charge in [-0.05, 0) is 110 Å². The van der Waals surface area contributed by atoms with E-state index in [1.165, 1.54) is 51.4 Å². The van der Waals surface area contributed by atoms with E-state index in [-0.39, 0.29) is 12.1 Å². The smallest absolute Gasteiger partial charge is 0.181 e. The number of nitrogens with two attached hydrogens (primary N) is 1. The van der Waals surface area contributed by atoms with Crippen molar-refractivity contribution in [1.29, 1.82) is 0 Å². The lowest BCUT2D eigenvalue weighted by molar-refractivity contribution is -0.310. The fraction of sp³-hybridized carbons (Fsp3) is 1.00. The summed E-state index contributed by atoms with van der Waals surface area (Å²) < 4.78 is 6.70. The molecule has 0 radical (unpaired) electrons. The molecule has 4 saturated carbocycles. The van der Waals surface area contributed by atoms with Crippen molar-refractivity contribution in [1.82, 2.24) is 5.32 Å². The summed E-state index contributed by atoms with van der Waals surface area (Å²) in [7, 11) is 0. The molecule has 0 aromatic heterocycles. The third-order valence-electron chi connectivity index (χ3n) is 12.1. The Bertz CT molecular complexity index is 730. The molecule has 2 heterocycles. The highest BCUT2D eigenvalue weighted by molar-refractivity contribution is 5.15. The molecule has 4 aliphatic carbocycles. The number of piperidine rings is 1. The van der Waals surface area contributed by atoms with E-state index in [0.717, 1.165) is 36.6 Å². The summed E-state index contributed by atoms with van der Waals surface area (Å²) in [5.74, 6) is 3.88. The first-order valence-electron chi connectivity index (χ1n) is 13.5. The molecule has 4 N–H and O–H groups in total. The summed E-state index contributed by atoms with van der Waals surface area (Å²) in [5.41, 5.74) is 7.27. The van der Waals surface area contributed by atoms with Crippen LogP contribution in [0.25, 0.3) is 0 Å².